The number of piperazine rings is 3. The summed E-state index contributed by atoms with van der Waals surface area (Å²) in [6.07, 6.45) is 1.70. The molecule has 0 aromatic carbocycles. The van der Waals surface area contributed by atoms with Gasteiger partial charge < -0.3 is 15.0 Å². The highest BCUT2D eigenvalue weighted by atomic mass is 16.5. The summed E-state index contributed by atoms with van der Waals surface area (Å²) in [6.45, 7) is 6.19. The highest BCUT2D eigenvalue weighted by Gasteiger charge is 2.35. The van der Waals surface area contributed by atoms with E-state index in [1.165, 1.54) is 0 Å². The molecule has 2 unspecified atom stereocenters. The van der Waals surface area contributed by atoms with Gasteiger partial charge >= 0.3 is 0 Å². The van der Waals surface area contributed by atoms with Gasteiger partial charge in [0.05, 0.1) is 12.1 Å². The number of rotatable bonds is 6. The Hall–Kier alpha value is -1.02. The second-order valence-corrected chi connectivity index (χ2v) is 5.58. The van der Waals surface area contributed by atoms with E-state index >= 15 is 0 Å². The van der Waals surface area contributed by atoms with Gasteiger partial charge in [0.25, 0.3) is 0 Å². The number of ether oxygens (including phenoxy) is 1. The molecule has 4 rings (SSSR count). The van der Waals surface area contributed by atoms with Gasteiger partial charge in [-0.1, -0.05) is 5.16 Å². The molecule has 0 aliphatic carbocycles. The Labute approximate surface area is 119 Å². The molecule has 2 atom stereocenters. The largest absolute Gasteiger partial charge is 0.385 e. The summed E-state index contributed by atoms with van der Waals surface area (Å²) >= 11 is 0. The van der Waals surface area contributed by atoms with E-state index < -0.39 is 0 Å². The average molecular weight is 281 g/mol. The molecular formula is C13H23N5O2. The normalized spacial score (nSPS) is 30.6. The van der Waals surface area contributed by atoms with E-state index in [-0.39, 0.29) is 12.1 Å². The predicted molar refractivity (Wildman–Crippen MR) is 73.1 cm³/mol. The topological polar surface area (TPSA) is 80.7 Å². The SMILES string of the molecule is COCCCC(N)c1nc(C2CN3CCN2CC3)no1. The first-order chi connectivity index (χ1) is 9.78. The molecule has 3 aliphatic heterocycles. The Morgan fingerprint density at radius 2 is 2.20 bits per heavy atom. The Morgan fingerprint density at radius 3 is 2.85 bits per heavy atom. The lowest BCUT2D eigenvalue weighted by atomic mass is 10.1. The van der Waals surface area contributed by atoms with E-state index in [1.54, 1.807) is 7.11 Å². The van der Waals surface area contributed by atoms with Crippen LogP contribution in [0.5, 0.6) is 0 Å². The highest BCUT2D eigenvalue weighted by Crippen LogP contribution is 2.27. The van der Waals surface area contributed by atoms with Crippen LogP contribution in [0.15, 0.2) is 4.52 Å². The molecule has 3 fully saturated rings. The summed E-state index contributed by atoms with van der Waals surface area (Å²) in [6, 6.07) is 0.0728. The molecule has 112 valence electrons. The molecule has 7 heteroatoms. The van der Waals surface area contributed by atoms with Gasteiger partial charge in [0.1, 0.15) is 0 Å². The third-order valence-corrected chi connectivity index (χ3v) is 4.22. The van der Waals surface area contributed by atoms with Crippen LogP contribution in [0.3, 0.4) is 0 Å². The first-order valence-corrected chi connectivity index (χ1v) is 7.32. The standard InChI is InChI=1S/C13H23N5O2/c1-19-8-2-3-10(14)13-15-12(16-20-13)11-9-17-4-6-18(11)7-5-17/h10-11H,2-9,14H2,1H3. The molecular weight excluding hydrogens is 258 g/mol. The van der Waals surface area contributed by atoms with Crippen LogP contribution in [0, 0.1) is 0 Å². The number of hydrogen-bond donors (Lipinski definition) is 1. The minimum Gasteiger partial charge on any atom is -0.385 e. The lowest BCUT2D eigenvalue weighted by molar-refractivity contribution is 0.00781. The molecule has 1 aromatic heterocycles. The van der Waals surface area contributed by atoms with E-state index in [0.29, 0.717) is 12.5 Å². The zero-order valence-electron chi connectivity index (χ0n) is 12.0. The maximum Gasteiger partial charge on any atom is 0.243 e. The fourth-order valence-electron chi connectivity index (χ4n) is 2.97. The van der Waals surface area contributed by atoms with Crippen molar-refractivity contribution in [2.75, 3.05) is 46.4 Å². The summed E-state index contributed by atoms with van der Waals surface area (Å²) in [5.74, 6) is 1.33. The number of hydrogen-bond acceptors (Lipinski definition) is 7. The maximum atomic E-state index is 6.08. The van der Waals surface area contributed by atoms with Crippen LogP contribution in [-0.4, -0.2) is 66.4 Å². The predicted octanol–water partition coefficient (Wildman–Crippen LogP) is 0.168. The minimum atomic E-state index is -0.192. The third kappa shape index (κ3) is 2.85. The number of nitrogens with two attached hydrogens (primary N) is 1. The first kappa shape index (κ1) is 13.9. The summed E-state index contributed by atoms with van der Waals surface area (Å²) < 4.78 is 10.4. The number of methoxy groups -OCH3 is 1. The van der Waals surface area contributed by atoms with Crippen LogP contribution in [0.25, 0.3) is 0 Å². The van der Waals surface area contributed by atoms with Crippen molar-refractivity contribution < 1.29 is 9.26 Å². The van der Waals surface area contributed by atoms with Gasteiger partial charge in [-0.25, -0.2) is 0 Å². The third-order valence-electron chi connectivity index (χ3n) is 4.22. The van der Waals surface area contributed by atoms with Crippen LogP contribution < -0.4 is 5.73 Å². The monoisotopic (exact) mass is 281 g/mol. The molecule has 2 bridgehead atoms. The van der Waals surface area contributed by atoms with E-state index in [1.807, 2.05) is 0 Å². The molecule has 3 aliphatic rings. The van der Waals surface area contributed by atoms with Crippen molar-refractivity contribution in [3.8, 4) is 0 Å². The van der Waals surface area contributed by atoms with Crippen molar-refractivity contribution in [3.05, 3.63) is 11.7 Å². The number of fused-ring (bicyclic) bond motifs is 3. The lowest BCUT2D eigenvalue weighted by Crippen LogP contribution is -2.57. The van der Waals surface area contributed by atoms with Crippen molar-refractivity contribution in [2.24, 2.45) is 5.73 Å². The van der Waals surface area contributed by atoms with Crippen molar-refractivity contribution in [3.63, 3.8) is 0 Å². The van der Waals surface area contributed by atoms with E-state index in [0.717, 1.165) is 51.4 Å². The van der Waals surface area contributed by atoms with Crippen molar-refractivity contribution in [1.82, 2.24) is 19.9 Å². The fourth-order valence-corrected chi connectivity index (χ4v) is 2.97. The second kappa shape index (κ2) is 6.17. The molecule has 3 saturated heterocycles. The van der Waals surface area contributed by atoms with Gasteiger partial charge in [-0.2, -0.15) is 4.98 Å². The van der Waals surface area contributed by atoms with E-state index in [2.05, 4.69) is 19.9 Å². The van der Waals surface area contributed by atoms with Crippen LogP contribution in [0.1, 0.15) is 36.6 Å². The average Bonchev–Trinajstić information content (AvgIpc) is 2.98. The molecule has 0 amide bonds. The minimum absolute atomic E-state index is 0.192. The summed E-state index contributed by atoms with van der Waals surface area (Å²) in [5, 5.41) is 4.14. The van der Waals surface area contributed by atoms with Gasteiger partial charge in [0.2, 0.25) is 5.89 Å². The van der Waals surface area contributed by atoms with Gasteiger partial charge in [-0.15, -0.1) is 0 Å². The van der Waals surface area contributed by atoms with Crippen LogP contribution in [0.4, 0.5) is 0 Å². The molecule has 0 spiro atoms. The van der Waals surface area contributed by atoms with E-state index in [4.69, 9.17) is 15.0 Å². The van der Waals surface area contributed by atoms with Gasteiger partial charge in [0.15, 0.2) is 5.82 Å². The Bertz CT molecular complexity index is 430. The number of nitrogens with zero attached hydrogens (tertiary/aromatic N) is 4. The Kier molecular flexibility index (Phi) is 4.30. The summed E-state index contributed by atoms with van der Waals surface area (Å²) in [5.41, 5.74) is 6.08. The second-order valence-electron chi connectivity index (χ2n) is 5.58. The van der Waals surface area contributed by atoms with Crippen molar-refractivity contribution in [2.45, 2.75) is 24.9 Å². The molecule has 20 heavy (non-hydrogen) atoms. The van der Waals surface area contributed by atoms with Crippen LogP contribution in [-0.2, 0) is 4.74 Å². The van der Waals surface area contributed by atoms with E-state index in [9.17, 15) is 0 Å². The fraction of sp³-hybridized carbons (Fsp3) is 0.846. The molecule has 1 aromatic rings. The zero-order chi connectivity index (χ0) is 13.9. The summed E-state index contributed by atoms with van der Waals surface area (Å²) in [4.78, 5) is 9.41. The molecule has 7 nitrogen and oxygen atoms in total. The molecule has 0 radical (unpaired) electrons. The Morgan fingerprint density at radius 1 is 1.40 bits per heavy atom. The number of aromatic nitrogens is 2. The first-order valence-electron chi connectivity index (χ1n) is 7.32. The van der Waals surface area contributed by atoms with Gasteiger partial charge in [-0.3, -0.25) is 9.80 Å². The van der Waals surface area contributed by atoms with Crippen molar-refractivity contribution in [1.29, 1.82) is 0 Å². The van der Waals surface area contributed by atoms with Gasteiger partial charge in [0, 0.05) is 46.4 Å². The molecule has 4 heterocycles. The Balaban J connectivity index is 1.61. The smallest absolute Gasteiger partial charge is 0.243 e. The lowest BCUT2D eigenvalue weighted by Gasteiger charge is -2.46. The summed E-state index contributed by atoms with van der Waals surface area (Å²) in [7, 11) is 1.69. The molecule has 2 N–H and O–H groups in total. The maximum absolute atomic E-state index is 6.08. The zero-order valence-corrected chi connectivity index (χ0v) is 12.0. The van der Waals surface area contributed by atoms with Crippen LogP contribution >= 0.6 is 0 Å². The highest BCUT2D eigenvalue weighted by molar-refractivity contribution is 5.02. The quantitative estimate of drug-likeness (QED) is 0.744. The van der Waals surface area contributed by atoms with Gasteiger partial charge in [-0.05, 0) is 12.8 Å². The van der Waals surface area contributed by atoms with Crippen LogP contribution in [0.2, 0.25) is 0 Å². The van der Waals surface area contributed by atoms with Crippen molar-refractivity contribution >= 4 is 0 Å². The molecule has 0 saturated carbocycles.